The topological polar surface area (TPSA) is 61.4 Å². The van der Waals surface area contributed by atoms with E-state index in [9.17, 15) is 9.59 Å². The molecule has 1 aliphatic carbocycles. The zero-order valence-electron chi connectivity index (χ0n) is 16.3. The van der Waals surface area contributed by atoms with Gasteiger partial charge in [-0.15, -0.1) is 0 Å². The molecule has 2 atom stereocenters. The second kappa shape index (κ2) is 8.97. The molecule has 6 heteroatoms. The number of amides is 2. The Labute approximate surface area is 176 Å². The summed E-state index contributed by atoms with van der Waals surface area (Å²) in [6.07, 6.45) is 2.61. The molecule has 152 valence electrons. The quantitative estimate of drug-likeness (QED) is 0.762. The van der Waals surface area contributed by atoms with E-state index < -0.39 is 0 Å². The van der Waals surface area contributed by atoms with E-state index in [4.69, 9.17) is 11.6 Å². The fourth-order valence-corrected chi connectivity index (χ4v) is 4.35. The zero-order valence-corrected chi connectivity index (χ0v) is 17.1. The van der Waals surface area contributed by atoms with Gasteiger partial charge >= 0.3 is 0 Å². The van der Waals surface area contributed by atoms with Crippen molar-refractivity contribution in [1.82, 2.24) is 10.2 Å². The first kappa shape index (κ1) is 19.9. The van der Waals surface area contributed by atoms with E-state index in [1.54, 1.807) is 0 Å². The van der Waals surface area contributed by atoms with Gasteiger partial charge in [-0.3, -0.25) is 14.5 Å². The number of carbonyl (C=O) groups excluding carboxylic acids is 2. The first-order valence-corrected chi connectivity index (χ1v) is 10.6. The maximum atomic E-state index is 12.6. The van der Waals surface area contributed by atoms with Crippen LogP contribution in [-0.2, 0) is 9.59 Å². The highest BCUT2D eigenvalue weighted by atomic mass is 35.5. The van der Waals surface area contributed by atoms with Gasteiger partial charge in [0, 0.05) is 35.8 Å². The summed E-state index contributed by atoms with van der Waals surface area (Å²) in [6, 6.07) is 17.5. The summed E-state index contributed by atoms with van der Waals surface area (Å²) in [4.78, 5) is 26.9. The lowest BCUT2D eigenvalue weighted by atomic mass is 10.0. The third kappa shape index (κ3) is 5.17. The Hall–Kier alpha value is -2.37. The van der Waals surface area contributed by atoms with E-state index in [2.05, 4.69) is 15.5 Å². The maximum absolute atomic E-state index is 12.6. The van der Waals surface area contributed by atoms with Crippen molar-refractivity contribution in [3.05, 3.63) is 65.2 Å². The first-order valence-electron chi connectivity index (χ1n) is 10.2. The predicted molar refractivity (Wildman–Crippen MR) is 115 cm³/mol. The number of halogens is 1. The van der Waals surface area contributed by atoms with Crippen LogP contribution in [0, 0.1) is 5.92 Å². The molecule has 2 fully saturated rings. The number of hydrogen-bond donors (Lipinski definition) is 2. The lowest BCUT2D eigenvalue weighted by Crippen LogP contribution is -2.47. The van der Waals surface area contributed by atoms with Crippen molar-refractivity contribution in [3.63, 3.8) is 0 Å². The van der Waals surface area contributed by atoms with Gasteiger partial charge in [0.15, 0.2) is 0 Å². The molecule has 2 aromatic rings. The molecule has 2 aliphatic rings. The Balaban J connectivity index is 1.19. The minimum Gasteiger partial charge on any atom is -0.353 e. The third-order valence-corrected chi connectivity index (χ3v) is 6.13. The van der Waals surface area contributed by atoms with Gasteiger partial charge in [0.2, 0.25) is 11.8 Å². The molecule has 2 aromatic carbocycles. The van der Waals surface area contributed by atoms with Crippen molar-refractivity contribution in [1.29, 1.82) is 0 Å². The number of anilines is 1. The number of benzene rings is 2. The number of carbonyl (C=O) groups is 2. The van der Waals surface area contributed by atoms with Crippen LogP contribution in [-0.4, -0.2) is 42.4 Å². The molecule has 0 bridgehead atoms. The Morgan fingerprint density at radius 2 is 1.69 bits per heavy atom. The van der Waals surface area contributed by atoms with E-state index in [1.165, 1.54) is 0 Å². The molecule has 0 spiro atoms. The number of para-hydroxylation sites is 1. The summed E-state index contributed by atoms with van der Waals surface area (Å²) in [7, 11) is 0. The van der Waals surface area contributed by atoms with Gasteiger partial charge < -0.3 is 10.6 Å². The standard InChI is InChI=1S/C23H26ClN3O2/c24-21-9-5-4-8-18(21)19-14-20(19)23(29)26-17-10-12-27(13-11-17)15-22(28)25-16-6-2-1-3-7-16/h1-9,17,19-20H,10-15H2,(H,25,28)(H,26,29)/t19-,20-/m0/s1. The highest BCUT2D eigenvalue weighted by Gasteiger charge is 2.45. The number of piperidine rings is 1. The smallest absolute Gasteiger partial charge is 0.238 e. The largest absolute Gasteiger partial charge is 0.353 e. The number of rotatable bonds is 6. The monoisotopic (exact) mass is 411 g/mol. The predicted octanol–water partition coefficient (Wildman–Crippen LogP) is 3.66. The summed E-state index contributed by atoms with van der Waals surface area (Å²) in [5.74, 6) is 0.407. The number of nitrogens with one attached hydrogen (secondary N) is 2. The minimum absolute atomic E-state index is 0.000697. The first-order chi connectivity index (χ1) is 14.1. The molecular weight excluding hydrogens is 386 g/mol. The van der Waals surface area contributed by atoms with Crippen molar-refractivity contribution in [3.8, 4) is 0 Å². The molecule has 2 N–H and O–H groups in total. The van der Waals surface area contributed by atoms with Crippen molar-refractivity contribution in [2.45, 2.75) is 31.2 Å². The normalized spacial score (nSPS) is 22.1. The summed E-state index contributed by atoms with van der Waals surface area (Å²) in [5, 5.41) is 6.87. The van der Waals surface area contributed by atoms with Crippen LogP contribution in [0.4, 0.5) is 5.69 Å². The van der Waals surface area contributed by atoms with Crippen LogP contribution in [0.5, 0.6) is 0 Å². The lowest BCUT2D eigenvalue weighted by molar-refractivity contribution is -0.124. The van der Waals surface area contributed by atoms with Crippen LogP contribution in [0.3, 0.4) is 0 Å². The highest BCUT2D eigenvalue weighted by molar-refractivity contribution is 6.31. The summed E-state index contributed by atoms with van der Waals surface area (Å²) in [5.41, 5.74) is 1.89. The molecule has 0 aromatic heterocycles. The summed E-state index contributed by atoms with van der Waals surface area (Å²) >= 11 is 6.26. The summed E-state index contributed by atoms with van der Waals surface area (Å²) < 4.78 is 0. The fourth-order valence-electron chi connectivity index (χ4n) is 4.07. The summed E-state index contributed by atoms with van der Waals surface area (Å²) in [6.45, 7) is 2.00. The van der Waals surface area contributed by atoms with Crippen molar-refractivity contribution >= 4 is 29.1 Å². The fraction of sp³-hybridized carbons (Fsp3) is 0.391. The molecule has 1 aliphatic heterocycles. The molecular formula is C23H26ClN3O2. The van der Waals surface area contributed by atoms with Gasteiger partial charge in [0.25, 0.3) is 0 Å². The van der Waals surface area contributed by atoms with E-state index in [0.717, 1.165) is 48.6 Å². The van der Waals surface area contributed by atoms with Gasteiger partial charge in [0.05, 0.1) is 6.54 Å². The molecule has 0 unspecified atom stereocenters. The van der Waals surface area contributed by atoms with Crippen molar-refractivity contribution < 1.29 is 9.59 Å². The van der Waals surface area contributed by atoms with Crippen LogP contribution in [0.1, 0.15) is 30.7 Å². The minimum atomic E-state index is -0.000697. The number of nitrogens with zero attached hydrogens (tertiary/aromatic N) is 1. The molecule has 2 amide bonds. The zero-order chi connectivity index (χ0) is 20.2. The molecule has 29 heavy (non-hydrogen) atoms. The van der Waals surface area contributed by atoms with Gasteiger partial charge in [-0.2, -0.15) is 0 Å². The Bertz CT molecular complexity index is 865. The van der Waals surface area contributed by atoms with E-state index in [0.29, 0.717) is 6.54 Å². The SMILES string of the molecule is O=C(CN1CCC(NC(=O)[C@H]2C[C@H]2c2ccccc2Cl)CC1)Nc1ccccc1. The van der Waals surface area contributed by atoms with Crippen molar-refractivity contribution in [2.24, 2.45) is 5.92 Å². The van der Waals surface area contributed by atoms with E-state index in [-0.39, 0.29) is 29.7 Å². The van der Waals surface area contributed by atoms with Crippen LogP contribution >= 0.6 is 11.6 Å². The molecule has 1 saturated carbocycles. The van der Waals surface area contributed by atoms with E-state index >= 15 is 0 Å². The molecule has 4 rings (SSSR count). The average Bonchev–Trinajstić information content (AvgIpc) is 3.51. The Morgan fingerprint density at radius 1 is 1.00 bits per heavy atom. The number of likely N-dealkylation sites (tertiary alicyclic amines) is 1. The third-order valence-electron chi connectivity index (χ3n) is 5.79. The molecule has 5 nitrogen and oxygen atoms in total. The van der Waals surface area contributed by atoms with Crippen LogP contribution in [0.25, 0.3) is 0 Å². The highest BCUT2D eigenvalue weighted by Crippen LogP contribution is 2.49. The molecule has 1 saturated heterocycles. The Kier molecular flexibility index (Phi) is 6.16. The van der Waals surface area contributed by atoms with Crippen LogP contribution < -0.4 is 10.6 Å². The second-order valence-corrected chi connectivity index (χ2v) is 8.35. The van der Waals surface area contributed by atoms with Crippen LogP contribution in [0.2, 0.25) is 5.02 Å². The Morgan fingerprint density at radius 3 is 2.41 bits per heavy atom. The average molecular weight is 412 g/mol. The lowest BCUT2D eigenvalue weighted by Gasteiger charge is -2.32. The van der Waals surface area contributed by atoms with Gasteiger partial charge in [-0.05, 0) is 48.9 Å². The van der Waals surface area contributed by atoms with Crippen molar-refractivity contribution in [2.75, 3.05) is 25.0 Å². The van der Waals surface area contributed by atoms with E-state index in [1.807, 2.05) is 54.6 Å². The van der Waals surface area contributed by atoms with Gasteiger partial charge in [-0.1, -0.05) is 48.0 Å². The maximum Gasteiger partial charge on any atom is 0.238 e. The number of hydrogen-bond acceptors (Lipinski definition) is 3. The van der Waals surface area contributed by atoms with Gasteiger partial charge in [-0.25, -0.2) is 0 Å². The van der Waals surface area contributed by atoms with Crippen LogP contribution in [0.15, 0.2) is 54.6 Å². The molecule has 1 heterocycles. The van der Waals surface area contributed by atoms with Gasteiger partial charge in [0.1, 0.15) is 0 Å². The molecule has 0 radical (unpaired) electrons. The second-order valence-electron chi connectivity index (χ2n) is 7.94.